The molecule has 1 N–H and O–H groups in total. The van der Waals surface area contributed by atoms with Crippen LogP contribution in [0.4, 0.5) is 4.79 Å². The van der Waals surface area contributed by atoms with Gasteiger partial charge in [-0.3, -0.25) is 10.3 Å². The van der Waals surface area contributed by atoms with Gasteiger partial charge in [-0.15, -0.1) is 0 Å². The molecule has 3 fully saturated rings. The summed E-state index contributed by atoms with van der Waals surface area (Å²) >= 11 is 0. The lowest BCUT2D eigenvalue weighted by Crippen LogP contribution is -2.75. The number of carbonyl (C=O) groups is 1. The summed E-state index contributed by atoms with van der Waals surface area (Å²) in [6.07, 6.45) is 2.27. The fourth-order valence-electron chi connectivity index (χ4n) is 3.43. The van der Waals surface area contributed by atoms with Crippen molar-refractivity contribution in [1.29, 1.82) is 5.41 Å². The summed E-state index contributed by atoms with van der Waals surface area (Å²) in [7, 11) is 1.50. The van der Waals surface area contributed by atoms with Crippen LogP contribution in [0, 0.1) is 11.3 Å². The van der Waals surface area contributed by atoms with Crippen LogP contribution in [-0.4, -0.2) is 41.2 Å². The zero-order valence-electron chi connectivity index (χ0n) is 12.4. The van der Waals surface area contributed by atoms with Crippen molar-refractivity contribution in [3.8, 4) is 0 Å². The zero-order chi connectivity index (χ0) is 14.4. The fraction of sp³-hybridized carbons (Fsp3) is 0.857. The van der Waals surface area contributed by atoms with Crippen LogP contribution in [0.2, 0.25) is 0 Å². The Morgan fingerprint density at radius 3 is 2.53 bits per heavy atom. The smallest absolute Gasteiger partial charge is 0.411 e. The van der Waals surface area contributed by atoms with E-state index >= 15 is 0 Å². The molecule has 2 saturated heterocycles. The van der Waals surface area contributed by atoms with Gasteiger partial charge in [-0.2, -0.15) is 0 Å². The van der Waals surface area contributed by atoms with E-state index in [4.69, 9.17) is 14.9 Å². The number of hydrogen-bond acceptors (Lipinski definition) is 4. The van der Waals surface area contributed by atoms with Crippen LogP contribution in [0.3, 0.4) is 0 Å². The van der Waals surface area contributed by atoms with Crippen molar-refractivity contribution in [2.45, 2.75) is 64.1 Å². The first-order valence-electron chi connectivity index (χ1n) is 6.85. The Morgan fingerprint density at radius 2 is 2.00 bits per heavy atom. The maximum atomic E-state index is 12.3. The lowest BCUT2D eigenvalue weighted by molar-refractivity contribution is -0.0972. The number of nitrogens with one attached hydrogen (secondary N) is 1. The van der Waals surface area contributed by atoms with E-state index in [1.54, 1.807) is 4.90 Å². The van der Waals surface area contributed by atoms with Crippen LogP contribution in [-0.2, 0) is 9.47 Å². The molecule has 1 saturated carbocycles. The van der Waals surface area contributed by atoms with E-state index < -0.39 is 11.1 Å². The maximum absolute atomic E-state index is 12.3. The highest BCUT2D eigenvalue weighted by Crippen LogP contribution is 2.50. The van der Waals surface area contributed by atoms with E-state index in [2.05, 4.69) is 6.92 Å². The number of amides is 1. The van der Waals surface area contributed by atoms with Gasteiger partial charge in [-0.25, -0.2) is 4.79 Å². The number of nitrogens with zero attached hydrogens (tertiary/aromatic N) is 1. The van der Waals surface area contributed by atoms with E-state index in [0.29, 0.717) is 5.92 Å². The number of hydrogen-bond donors (Lipinski definition) is 1. The van der Waals surface area contributed by atoms with Gasteiger partial charge in [0.05, 0.1) is 7.11 Å². The molecular formula is C14H24N2O3. The van der Waals surface area contributed by atoms with Crippen molar-refractivity contribution in [2.24, 2.45) is 5.92 Å². The van der Waals surface area contributed by atoms with Gasteiger partial charge in [0.25, 0.3) is 0 Å². The van der Waals surface area contributed by atoms with Crippen molar-refractivity contribution < 1.29 is 14.3 Å². The summed E-state index contributed by atoms with van der Waals surface area (Å²) < 4.78 is 10.6. The van der Waals surface area contributed by atoms with Crippen LogP contribution >= 0.6 is 0 Å². The first-order chi connectivity index (χ1) is 8.69. The molecule has 2 bridgehead atoms. The number of carbonyl (C=O) groups excluding carboxylic acids is 1. The molecule has 0 aromatic rings. The number of methoxy groups -OCH3 is 1. The van der Waals surface area contributed by atoms with E-state index in [0.717, 1.165) is 19.3 Å². The number of ether oxygens (including phenoxy) is 2. The second-order valence-electron chi connectivity index (χ2n) is 6.82. The molecule has 0 spiro atoms. The molecule has 2 aliphatic heterocycles. The summed E-state index contributed by atoms with van der Waals surface area (Å²) in [5.41, 5.74) is -1.08. The highest BCUT2D eigenvalue weighted by molar-refractivity contribution is 5.90. The van der Waals surface area contributed by atoms with Gasteiger partial charge in [0.15, 0.2) is 0 Å². The first kappa shape index (κ1) is 14.2. The molecule has 1 amide bonds. The Hall–Kier alpha value is -1.26. The van der Waals surface area contributed by atoms with Crippen molar-refractivity contribution >= 4 is 12.0 Å². The zero-order valence-corrected chi connectivity index (χ0v) is 12.4. The molecule has 5 nitrogen and oxygen atoms in total. The lowest BCUT2D eigenvalue weighted by atomic mass is 9.64. The summed E-state index contributed by atoms with van der Waals surface area (Å²) in [6, 6.07) is 0.189. The van der Waals surface area contributed by atoms with Gasteiger partial charge in [0, 0.05) is 12.5 Å². The Bertz CT molecular complexity index is 402. The molecule has 5 heteroatoms. The molecule has 1 aliphatic carbocycles. The normalized spacial score (nSPS) is 33.4. The molecule has 0 aromatic carbocycles. The second kappa shape index (κ2) is 4.39. The Labute approximate surface area is 114 Å². The van der Waals surface area contributed by atoms with E-state index in [9.17, 15) is 4.79 Å². The largest absolute Gasteiger partial charge is 0.483 e. The topological polar surface area (TPSA) is 62.6 Å². The number of fused-ring (bicyclic) bond motifs is 2. The summed E-state index contributed by atoms with van der Waals surface area (Å²) in [4.78, 5) is 14.1. The Morgan fingerprint density at radius 1 is 1.37 bits per heavy atom. The SMILES string of the molecule is COC(=N)C12CC(C[C@@H](C)C1)N2C(=O)OC(C)(C)C. The van der Waals surface area contributed by atoms with Gasteiger partial charge in [-0.1, -0.05) is 6.92 Å². The Balaban J connectivity index is 2.20. The maximum Gasteiger partial charge on any atom is 0.411 e. The van der Waals surface area contributed by atoms with Gasteiger partial charge in [-0.05, 0) is 39.5 Å². The monoisotopic (exact) mass is 268 g/mol. The third-order valence-corrected chi connectivity index (χ3v) is 3.98. The van der Waals surface area contributed by atoms with E-state index in [-0.39, 0.29) is 18.0 Å². The first-order valence-corrected chi connectivity index (χ1v) is 6.85. The average Bonchev–Trinajstić information content (AvgIpc) is 2.23. The van der Waals surface area contributed by atoms with Crippen LogP contribution in [0.1, 0.15) is 47.0 Å². The van der Waals surface area contributed by atoms with Gasteiger partial charge in [0.2, 0.25) is 5.90 Å². The molecule has 19 heavy (non-hydrogen) atoms. The predicted octanol–water partition coefficient (Wildman–Crippen LogP) is 2.79. The number of rotatable bonds is 1. The van der Waals surface area contributed by atoms with Gasteiger partial charge in [0.1, 0.15) is 11.1 Å². The molecule has 3 aliphatic rings. The predicted molar refractivity (Wildman–Crippen MR) is 72.3 cm³/mol. The highest BCUT2D eigenvalue weighted by atomic mass is 16.6. The molecular weight excluding hydrogens is 244 g/mol. The number of piperidine rings is 1. The average molecular weight is 268 g/mol. The lowest BCUT2D eigenvalue weighted by Gasteiger charge is -2.61. The second-order valence-corrected chi connectivity index (χ2v) is 6.82. The molecule has 2 unspecified atom stereocenters. The van der Waals surface area contributed by atoms with Crippen LogP contribution < -0.4 is 0 Å². The molecule has 0 aromatic heterocycles. The minimum absolute atomic E-state index is 0.182. The van der Waals surface area contributed by atoms with Crippen molar-refractivity contribution in [3.05, 3.63) is 0 Å². The third-order valence-electron chi connectivity index (χ3n) is 3.98. The summed E-state index contributed by atoms with van der Waals surface area (Å²) in [6.45, 7) is 7.74. The summed E-state index contributed by atoms with van der Waals surface area (Å²) in [5.74, 6) is 0.689. The molecule has 3 atom stereocenters. The molecule has 2 heterocycles. The van der Waals surface area contributed by atoms with Crippen molar-refractivity contribution in [2.75, 3.05) is 7.11 Å². The molecule has 3 rings (SSSR count). The van der Waals surface area contributed by atoms with Crippen LogP contribution in [0.15, 0.2) is 0 Å². The van der Waals surface area contributed by atoms with E-state index in [1.165, 1.54) is 7.11 Å². The van der Waals surface area contributed by atoms with Gasteiger partial charge >= 0.3 is 6.09 Å². The van der Waals surface area contributed by atoms with Crippen LogP contribution in [0.25, 0.3) is 0 Å². The highest BCUT2D eigenvalue weighted by Gasteiger charge is 2.62. The van der Waals surface area contributed by atoms with Crippen molar-refractivity contribution in [1.82, 2.24) is 4.90 Å². The third kappa shape index (κ3) is 2.30. The van der Waals surface area contributed by atoms with E-state index in [1.807, 2.05) is 20.8 Å². The quantitative estimate of drug-likeness (QED) is 0.587. The minimum atomic E-state index is -0.570. The van der Waals surface area contributed by atoms with Crippen molar-refractivity contribution in [3.63, 3.8) is 0 Å². The standard InChI is InChI=1S/C14H24N2O3/c1-9-6-10-8-14(7-9,11(15)18-5)16(10)12(17)19-13(2,3)4/h9-10,15H,6-8H2,1-5H3/t9-,10?,14?/m1/s1. The van der Waals surface area contributed by atoms with Crippen LogP contribution in [0.5, 0.6) is 0 Å². The fourth-order valence-corrected chi connectivity index (χ4v) is 3.43. The summed E-state index contributed by atoms with van der Waals surface area (Å²) in [5, 5.41) is 8.04. The molecule has 0 radical (unpaired) electrons. The Kier molecular flexibility index (Phi) is 3.27. The van der Waals surface area contributed by atoms with Gasteiger partial charge < -0.3 is 9.47 Å². The molecule has 108 valence electrons. The minimum Gasteiger partial charge on any atom is -0.483 e.